The lowest BCUT2D eigenvalue weighted by atomic mass is 10.0. The standard InChI is InChI=1S/C41H24N6S/c1-3-13-25(14-4-1)37-44-38(26-15-5-2-6-16-26)46-39(45-37)28-18-11-23-33-35(28)36-29(19-12-24-34(36)48-33)41-42-30-20-8-7-17-27(30)40-43-31-21-9-10-22-32(31)47(40)41/h1-24H. The molecule has 6 aromatic carbocycles. The average molecular weight is 633 g/mol. The summed E-state index contributed by atoms with van der Waals surface area (Å²) in [6, 6.07) is 49.6. The molecule has 0 bridgehead atoms. The van der Waals surface area contributed by atoms with E-state index in [1.54, 1.807) is 11.3 Å². The van der Waals surface area contributed by atoms with Gasteiger partial charge in [0.1, 0.15) is 11.5 Å². The van der Waals surface area contributed by atoms with Crippen LogP contribution < -0.4 is 0 Å². The van der Waals surface area contributed by atoms with Crippen molar-refractivity contribution in [3.05, 3.63) is 146 Å². The van der Waals surface area contributed by atoms with Crippen molar-refractivity contribution in [2.24, 2.45) is 0 Å². The van der Waals surface area contributed by atoms with Gasteiger partial charge in [0.05, 0.1) is 16.6 Å². The Morgan fingerprint density at radius 3 is 1.69 bits per heavy atom. The van der Waals surface area contributed by atoms with Crippen LogP contribution in [0.15, 0.2) is 146 Å². The number of thiophene rings is 1. The number of benzene rings is 6. The number of imidazole rings is 1. The summed E-state index contributed by atoms with van der Waals surface area (Å²) in [6.45, 7) is 0. The van der Waals surface area contributed by atoms with Gasteiger partial charge in [0.2, 0.25) is 0 Å². The van der Waals surface area contributed by atoms with E-state index in [-0.39, 0.29) is 0 Å². The van der Waals surface area contributed by atoms with Crippen molar-refractivity contribution in [2.75, 3.05) is 0 Å². The molecule has 0 unspecified atom stereocenters. The second-order valence-electron chi connectivity index (χ2n) is 11.7. The first-order valence-electron chi connectivity index (χ1n) is 15.8. The summed E-state index contributed by atoms with van der Waals surface area (Å²) in [4.78, 5) is 25.6. The minimum absolute atomic E-state index is 0.632. The predicted molar refractivity (Wildman–Crippen MR) is 196 cm³/mol. The van der Waals surface area contributed by atoms with Crippen LogP contribution in [0.25, 0.3) is 93.3 Å². The highest BCUT2D eigenvalue weighted by atomic mass is 32.1. The molecule has 0 aliphatic carbocycles. The number of hydrogen-bond acceptors (Lipinski definition) is 6. The van der Waals surface area contributed by atoms with Crippen LogP contribution in [-0.4, -0.2) is 29.3 Å². The Labute approximate surface area is 278 Å². The van der Waals surface area contributed by atoms with Crippen LogP contribution in [0, 0.1) is 0 Å². The first kappa shape index (κ1) is 26.9. The minimum Gasteiger partial charge on any atom is -0.276 e. The third-order valence-corrected chi connectivity index (χ3v) is 9.97. The Bertz CT molecular complexity index is 2780. The molecule has 0 N–H and O–H groups in total. The molecule has 0 fully saturated rings. The largest absolute Gasteiger partial charge is 0.276 e. The van der Waals surface area contributed by atoms with E-state index in [0.717, 1.165) is 71.1 Å². The van der Waals surface area contributed by atoms with Gasteiger partial charge >= 0.3 is 0 Å². The summed E-state index contributed by atoms with van der Waals surface area (Å²) in [6.07, 6.45) is 0. The number of hydrogen-bond donors (Lipinski definition) is 0. The molecule has 0 atom stereocenters. The first-order valence-corrected chi connectivity index (χ1v) is 16.6. The second-order valence-corrected chi connectivity index (χ2v) is 12.8. The summed E-state index contributed by atoms with van der Waals surface area (Å²) in [7, 11) is 0. The normalized spacial score (nSPS) is 11.8. The molecule has 0 radical (unpaired) electrons. The van der Waals surface area contributed by atoms with E-state index in [4.69, 9.17) is 24.9 Å². The molecule has 0 aliphatic heterocycles. The summed E-state index contributed by atoms with van der Waals surface area (Å²) in [5.74, 6) is 2.76. The molecular weight excluding hydrogens is 609 g/mol. The Hall–Kier alpha value is -6.31. The van der Waals surface area contributed by atoms with E-state index >= 15 is 0 Å². The zero-order chi connectivity index (χ0) is 31.6. The molecule has 0 saturated carbocycles. The number of fused-ring (bicyclic) bond motifs is 8. The Morgan fingerprint density at radius 2 is 0.979 bits per heavy atom. The zero-order valence-electron chi connectivity index (χ0n) is 25.4. The number of para-hydroxylation sites is 3. The Balaban J connectivity index is 1.30. The van der Waals surface area contributed by atoms with Crippen LogP contribution in [0.5, 0.6) is 0 Å². The molecule has 0 aliphatic rings. The van der Waals surface area contributed by atoms with Gasteiger partial charge in [-0.15, -0.1) is 11.3 Å². The van der Waals surface area contributed by atoms with Crippen LogP contribution >= 0.6 is 11.3 Å². The number of aromatic nitrogens is 6. The molecule has 0 saturated heterocycles. The molecule has 0 spiro atoms. The fourth-order valence-electron chi connectivity index (χ4n) is 6.69. The fraction of sp³-hybridized carbons (Fsp3) is 0. The van der Waals surface area contributed by atoms with Crippen molar-refractivity contribution in [1.82, 2.24) is 29.3 Å². The summed E-state index contributed by atoms with van der Waals surface area (Å²) < 4.78 is 4.54. The van der Waals surface area contributed by atoms with Gasteiger partial charge in [0, 0.05) is 47.8 Å². The van der Waals surface area contributed by atoms with Gasteiger partial charge in [-0.1, -0.05) is 109 Å². The summed E-state index contributed by atoms with van der Waals surface area (Å²) in [5.41, 5.74) is 7.63. The molecule has 48 heavy (non-hydrogen) atoms. The lowest BCUT2D eigenvalue weighted by Gasteiger charge is -2.12. The smallest absolute Gasteiger partial charge is 0.164 e. The summed E-state index contributed by atoms with van der Waals surface area (Å²) >= 11 is 1.77. The molecule has 10 aromatic rings. The van der Waals surface area contributed by atoms with E-state index in [1.807, 2.05) is 78.9 Å². The van der Waals surface area contributed by atoms with Gasteiger partial charge in [-0.2, -0.15) is 0 Å². The van der Waals surface area contributed by atoms with Gasteiger partial charge in [0.15, 0.2) is 17.5 Å². The van der Waals surface area contributed by atoms with Gasteiger partial charge in [0.25, 0.3) is 0 Å². The number of rotatable bonds is 4. The van der Waals surface area contributed by atoms with Gasteiger partial charge in [-0.3, -0.25) is 4.40 Å². The van der Waals surface area contributed by atoms with E-state index in [1.165, 1.54) is 4.70 Å². The zero-order valence-corrected chi connectivity index (χ0v) is 26.3. The van der Waals surface area contributed by atoms with Crippen LogP contribution in [0.4, 0.5) is 0 Å². The van der Waals surface area contributed by atoms with Crippen LogP contribution in [-0.2, 0) is 0 Å². The lowest BCUT2D eigenvalue weighted by molar-refractivity contribution is 1.08. The molecule has 4 heterocycles. The van der Waals surface area contributed by atoms with Crippen molar-refractivity contribution >= 4 is 59.1 Å². The molecule has 0 amide bonds. The highest BCUT2D eigenvalue weighted by Crippen LogP contribution is 2.44. The maximum Gasteiger partial charge on any atom is 0.164 e. The molecular formula is C41H24N6S. The molecule has 7 heteroatoms. The predicted octanol–water partition coefficient (Wildman–Crippen LogP) is 10.3. The van der Waals surface area contributed by atoms with Crippen LogP contribution in [0.3, 0.4) is 0 Å². The molecule has 6 nitrogen and oxygen atoms in total. The lowest BCUT2D eigenvalue weighted by Crippen LogP contribution is -2.00. The van der Waals surface area contributed by atoms with Crippen molar-refractivity contribution in [1.29, 1.82) is 0 Å². The first-order chi connectivity index (χ1) is 23.8. The highest BCUT2D eigenvalue weighted by Gasteiger charge is 2.22. The Kier molecular flexibility index (Phi) is 5.94. The number of nitrogens with zero attached hydrogens (tertiary/aromatic N) is 6. The molecule has 4 aromatic heterocycles. The van der Waals surface area contributed by atoms with Crippen molar-refractivity contribution in [2.45, 2.75) is 0 Å². The minimum atomic E-state index is 0.632. The van der Waals surface area contributed by atoms with Crippen molar-refractivity contribution < 1.29 is 0 Å². The molecule has 10 rings (SSSR count). The summed E-state index contributed by atoms with van der Waals surface area (Å²) in [5, 5.41) is 3.25. The van der Waals surface area contributed by atoms with E-state index in [0.29, 0.717) is 17.5 Å². The van der Waals surface area contributed by atoms with Crippen LogP contribution in [0.1, 0.15) is 0 Å². The van der Waals surface area contributed by atoms with Gasteiger partial charge in [-0.25, -0.2) is 24.9 Å². The Morgan fingerprint density at radius 1 is 0.417 bits per heavy atom. The second kappa shape index (κ2) is 10.6. The quantitative estimate of drug-likeness (QED) is 0.193. The monoisotopic (exact) mass is 632 g/mol. The van der Waals surface area contributed by atoms with E-state index in [9.17, 15) is 0 Å². The van der Waals surface area contributed by atoms with Gasteiger partial charge in [-0.05, 0) is 36.4 Å². The maximum absolute atomic E-state index is 5.33. The average Bonchev–Trinajstić information content (AvgIpc) is 3.74. The SMILES string of the molecule is c1ccc(-c2nc(-c3ccccc3)nc(-c3cccc4sc5cccc(-c6nc7ccccc7c7nc8ccccc8n67)c5c34)n2)cc1. The van der Waals surface area contributed by atoms with E-state index < -0.39 is 0 Å². The molecule has 224 valence electrons. The van der Waals surface area contributed by atoms with Gasteiger partial charge < -0.3 is 0 Å². The highest BCUT2D eigenvalue weighted by molar-refractivity contribution is 7.26. The third kappa shape index (κ3) is 4.15. The van der Waals surface area contributed by atoms with Crippen molar-refractivity contribution in [3.63, 3.8) is 0 Å². The van der Waals surface area contributed by atoms with Crippen LogP contribution in [0.2, 0.25) is 0 Å². The van der Waals surface area contributed by atoms with E-state index in [2.05, 4.69) is 71.1 Å². The van der Waals surface area contributed by atoms with Crippen molar-refractivity contribution in [3.8, 4) is 45.6 Å². The third-order valence-electron chi connectivity index (χ3n) is 8.85. The fourth-order valence-corrected chi connectivity index (χ4v) is 7.85. The topological polar surface area (TPSA) is 68.9 Å². The maximum atomic E-state index is 5.33.